The number of nitrogens with one attached hydrogen (secondary N) is 1. The Morgan fingerprint density at radius 3 is 3.16 bits per heavy atom. The summed E-state index contributed by atoms with van der Waals surface area (Å²) in [4.78, 5) is 6.82. The smallest absolute Gasteiger partial charge is 0.0874 e. The first-order chi connectivity index (χ1) is 9.38. The highest BCUT2D eigenvalue weighted by atomic mass is 16.5. The fourth-order valence-electron chi connectivity index (χ4n) is 2.65. The minimum absolute atomic E-state index is 0.255. The number of ether oxygens (including phenoxy) is 1. The number of benzene rings is 1. The van der Waals surface area contributed by atoms with Crippen LogP contribution in [0.1, 0.15) is 0 Å². The molecule has 1 unspecified atom stereocenters. The van der Waals surface area contributed by atoms with Crippen LogP contribution in [0.4, 0.5) is 5.69 Å². The summed E-state index contributed by atoms with van der Waals surface area (Å²) in [6, 6.07) is 10.4. The Morgan fingerprint density at radius 1 is 1.37 bits per heavy atom. The first-order valence-electron chi connectivity index (χ1n) is 6.73. The fraction of sp³-hybridized carbons (Fsp3) is 0.400. The Balaban J connectivity index is 1.91. The van der Waals surface area contributed by atoms with Crippen molar-refractivity contribution in [2.75, 3.05) is 38.2 Å². The molecular weight excluding hydrogens is 238 g/mol. The van der Waals surface area contributed by atoms with Crippen LogP contribution in [0.2, 0.25) is 0 Å². The number of rotatable bonds is 3. The molecule has 0 aliphatic carbocycles. The number of pyridine rings is 1. The summed E-state index contributed by atoms with van der Waals surface area (Å²) in [5.41, 5.74) is 2.31. The lowest BCUT2D eigenvalue weighted by Crippen LogP contribution is -2.46. The van der Waals surface area contributed by atoms with E-state index >= 15 is 0 Å². The predicted molar refractivity (Wildman–Crippen MR) is 77.6 cm³/mol. The van der Waals surface area contributed by atoms with Gasteiger partial charge in [-0.25, -0.2) is 0 Å². The lowest BCUT2D eigenvalue weighted by Gasteiger charge is -2.35. The van der Waals surface area contributed by atoms with Crippen molar-refractivity contribution in [1.82, 2.24) is 10.3 Å². The lowest BCUT2D eigenvalue weighted by molar-refractivity contribution is 0.0422. The molecule has 100 valence electrons. The fourth-order valence-corrected chi connectivity index (χ4v) is 2.65. The topological polar surface area (TPSA) is 37.4 Å². The first-order valence-corrected chi connectivity index (χ1v) is 6.73. The van der Waals surface area contributed by atoms with Gasteiger partial charge in [-0.15, -0.1) is 0 Å². The zero-order valence-electron chi connectivity index (χ0n) is 11.2. The number of hydrogen-bond donors (Lipinski definition) is 1. The zero-order chi connectivity index (χ0) is 13.1. The molecule has 1 atom stereocenters. The molecule has 1 N–H and O–H groups in total. The molecule has 1 aromatic carbocycles. The maximum absolute atomic E-state index is 5.76. The van der Waals surface area contributed by atoms with Gasteiger partial charge in [0.15, 0.2) is 0 Å². The van der Waals surface area contributed by atoms with Crippen molar-refractivity contribution in [3.05, 3.63) is 36.5 Å². The van der Waals surface area contributed by atoms with Crippen LogP contribution in [-0.2, 0) is 4.74 Å². The summed E-state index contributed by atoms with van der Waals surface area (Å²) in [6.07, 6.45) is 2.14. The first kappa shape index (κ1) is 12.4. The Labute approximate surface area is 113 Å². The summed E-state index contributed by atoms with van der Waals surface area (Å²) in [7, 11) is 1.96. The summed E-state index contributed by atoms with van der Waals surface area (Å²) in [6.45, 7) is 3.53. The van der Waals surface area contributed by atoms with Gasteiger partial charge < -0.3 is 15.0 Å². The number of likely N-dealkylation sites (N-methyl/N-ethyl adjacent to an activating group) is 1. The van der Waals surface area contributed by atoms with Gasteiger partial charge in [0.05, 0.1) is 18.2 Å². The van der Waals surface area contributed by atoms with Crippen LogP contribution < -0.4 is 10.2 Å². The largest absolute Gasteiger partial charge is 0.373 e. The maximum Gasteiger partial charge on any atom is 0.0874 e. The van der Waals surface area contributed by atoms with E-state index in [-0.39, 0.29) is 6.10 Å². The van der Waals surface area contributed by atoms with E-state index in [1.807, 2.05) is 19.3 Å². The van der Waals surface area contributed by atoms with Crippen molar-refractivity contribution in [2.24, 2.45) is 0 Å². The van der Waals surface area contributed by atoms with Crippen LogP contribution in [0.15, 0.2) is 36.5 Å². The molecule has 2 aromatic rings. The molecule has 1 aromatic heterocycles. The number of fused-ring (bicyclic) bond motifs is 1. The third kappa shape index (κ3) is 2.55. The van der Waals surface area contributed by atoms with Gasteiger partial charge in [0.25, 0.3) is 0 Å². The summed E-state index contributed by atoms with van der Waals surface area (Å²) in [5.74, 6) is 0. The third-order valence-electron chi connectivity index (χ3n) is 3.54. The van der Waals surface area contributed by atoms with Crippen LogP contribution in [0, 0.1) is 0 Å². The molecule has 0 bridgehead atoms. The van der Waals surface area contributed by atoms with Crippen molar-refractivity contribution in [3.63, 3.8) is 0 Å². The number of hydrogen-bond acceptors (Lipinski definition) is 4. The summed E-state index contributed by atoms with van der Waals surface area (Å²) >= 11 is 0. The SMILES string of the molecule is CNCC1CN(c2ccnc3ccccc23)CCO1. The molecule has 2 heterocycles. The number of para-hydroxylation sites is 1. The number of morpholine rings is 1. The van der Waals surface area contributed by atoms with Crippen LogP contribution in [0.25, 0.3) is 10.9 Å². The van der Waals surface area contributed by atoms with Crippen molar-refractivity contribution < 1.29 is 4.74 Å². The molecule has 4 heteroatoms. The molecule has 19 heavy (non-hydrogen) atoms. The Bertz CT molecular complexity index is 551. The van der Waals surface area contributed by atoms with Gasteiger partial charge in [-0.1, -0.05) is 18.2 Å². The molecule has 4 nitrogen and oxygen atoms in total. The second kappa shape index (κ2) is 5.55. The average Bonchev–Trinajstić information content (AvgIpc) is 2.47. The molecular formula is C15H19N3O. The highest BCUT2D eigenvalue weighted by molar-refractivity contribution is 5.91. The second-order valence-corrected chi connectivity index (χ2v) is 4.84. The normalized spacial score (nSPS) is 19.8. The molecule has 0 saturated carbocycles. The maximum atomic E-state index is 5.76. The van der Waals surface area contributed by atoms with Gasteiger partial charge in [0, 0.05) is 36.9 Å². The van der Waals surface area contributed by atoms with E-state index in [1.165, 1.54) is 11.1 Å². The lowest BCUT2D eigenvalue weighted by atomic mass is 10.1. The third-order valence-corrected chi connectivity index (χ3v) is 3.54. The number of anilines is 1. The van der Waals surface area contributed by atoms with E-state index in [0.717, 1.165) is 31.8 Å². The molecule has 1 aliphatic rings. The van der Waals surface area contributed by atoms with E-state index in [9.17, 15) is 0 Å². The van der Waals surface area contributed by atoms with Gasteiger partial charge >= 0.3 is 0 Å². The average molecular weight is 257 g/mol. The van der Waals surface area contributed by atoms with E-state index in [1.54, 1.807) is 0 Å². The zero-order valence-corrected chi connectivity index (χ0v) is 11.2. The highest BCUT2D eigenvalue weighted by Crippen LogP contribution is 2.26. The molecule has 0 amide bonds. The monoisotopic (exact) mass is 257 g/mol. The Hall–Kier alpha value is -1.65. The van der Waals surface area contributed by atoms with Gasteiger partial charge in [0.1, 0.15) is 0 Å². The van der Waals surface area contributed by atoms with E-state index in [4.69, 9.17) is 4.74 Å². The summed E-state index contributed by atoms with van der Waals surface area (Å²) < 4.78 is 5.76. The van der Waals surface area contributed by atoms with Crippen molar-refractivity contribution >= 4 is 16.6 Å². The van der Waals surface area contributed by atoms with Crippen molar-refractivity contribution in [2.45, 2.75) is 6.10 Å². The van der Waals surface area contributed by atoms with E-state index in [2.05, 4.69) is 39.5 Å². The minimum atomic E-state index is 0.255. The van der Waals surface area contributed by atoms with Gasteiger partial charge in [-0.2, -0.15) is 0 Å². The Kier molecular flexibility index (Phi) is 3.62. The number of nitrogens with zero attached hydrogens (tertiary/aromatic N) is 2. The summed E-state index contributed by atoms with van der Waals surface area (Å²) in [5, 5.41) is 4.40. The Morgan fingerprint density at radius 2 is 2.26 bits per heavy atom. The van der Waals surface area contributed by atoms with E-state index in [0.29, 0.717) is 0 Å². The van der Waals surface area contributed by atoms with Crippen molar-refractivity contribution in [3.8, 4) is 0 Å². The molecule has 3 rings (SSSR count). The molecule has 1 saturated heterocycles. The van der Waals surface area contributed by atoms with Crippen molar-refractivity contribution in [1.29, 1.82) is 0 Å². The molecule has 0 radical (unpaired) electrons. The van der Waals surface area contributed by atoms with Crippen LogP contribution in [0.3, 0.4) is 0 Å². The number of aromatic nitrogens is 1. The highest BCUT2D eigenvalue weighted by Gasteiger charge is 2.21. The molecule has 1 aliphatic heterocycles. The van der Waals surface area contributed by atoms with Crippen LogP contribution in [0.5, 0.6) is 0 Å². The standard InChI is InChI=1S/C15H19N3O/c1-16-10-12-11-18(8-9-19-12)15-6-7-17-14-5-3-2-4-13(14)15/h2-7,12,16H,8-11H2,1H3. The molecule has 1 fully saturated rings. The second-order valence-electron chi connectivity index (χ2n) is 4.84. The quantitative estimate of drug-likeness (QED) is 0.907. The van der Waals surface area contributed by atoms with Crippen LogP contribution in [-0.4, -0.2) is 44.4 Å². The van der Waals surface area contributed by atoms with Gasteiger partial charge in [0.2, 0.25) is 0 Å². The van der Waals surface area contributed by atoms with Gasteiger partial charge in [-0.3, -0.25) is 4.98 Å². The van der Waals surface area contributed by atoms with Crippen LogP contribution >= 0.6 is 0 Å². The predicted octanol–water partition coefficient (Wildman–Crippen LogP) is 1.66. The van der Waals surface area contributed by atoms with E-state index < -0.39 is 0 Å². The molecule has 0 spiro atoms. The minimum Gasteiger partial charge on any atom is -0.373 e. The van der Waals surface area contributed by atoms with Gasteiger partial charge in [-0.05, 0) is 19.2 Å².